The van der Waals surface area contributed by atoms with Gasteiger partial charge in [0.2, 0.25) is 0 Å². The van der Waals surface area contributed by atoms with Crippen molar-refractivity contribution in [2.24, 2.45) is 0 Å². The van der Waals surface area contributed by atoms with Crippen LogP contribution in [0.5, 0.6) is 0 Å². The summed E-state index contributed by atoms with van der Waals surface area (Å²) >= 11 is 1.58. The summed E-state index contributed by atoms with van der Waals surface area (Å²) in [5.74, 6) is 1.01. The molecule has 2 heterocycles. The zero-order valence-corrected chi connectivity index (χ0v) is 11.0. The third-order valence-electron chi connectivity index (χ3n) is 3.38. The van der Waals surface area contributed by atoms with Crippen LogP contribution in [0.25, 0.3) is 0 Å². The number of nitrogen functional groups attached to an aromatic ring is 1. The van der Waals surface area contributed by atoms with Gasteiger partial charge in [-0.1, -0.05) is 11.8 Å². The normalized spacial score (nSPS) is 25.9. The summed E-state index contributed by atoms with van der Waals surface area (Å²) in [5, 5.41) is 0.772. The topological polar surface area (TPSA) is 70.3 Å². The Balaban J connectivity index is 1.54. The molecule has 1 aliphatic carbocycles. The first-order chi connectivity index (χ1) is 8.77. The highest BCUT2D eigenvalue weighted by molar-refractivity contribution is 7.99. The lowest BCUT2D eigenvalue weighted by molar-refractivity contribution is -0.159. The molecule has 1 atom stereocenters. The van der Waals surface area contributed by atoms with Gasteiger partial charge in [-0.25, -0.2) is 9.97 Å². The second kappa shape index (κ2) is 5.03. The van der Waals surface area contributed by atoms with Crippen molar-refractivity contribution in [3.8, 4) is 0 Å². The third-order valence-corrected chi connectivity index (χ3v) is 4.50. The number of ether oxygens (including phenoxy) is 2. The molecule has 1 aliphatic heterocycles. The molecule has 1 saturated heterocycles. The summed E-state index contributed by atoms with van der Waals surface area (Å²) in [6, 6.07) is 0. The van der Waals surface area contributed by atoms with Crippen molar-refractivity contribution in [1.29, 1.82) is 0 Å². The lowest BCUT2D eigenvalue weighted by atomic mass is 10.2. The van der Waals surface area contributed by atoms with E-state index in [1.54, 1.807) is 24.2 Å². The summed E-state index contributed by atoms with van der Waals surface area (Å²) in [6.45, 7) is 0.674. The van der Waals surface area contributed by atoms with Crippen molar-refractivity contribution >= 4 is 17.6 Å². The molecule has 1 spiro atoms. The number of hydrogen-bond donors (Lipinski definition) is 1. The van der Waals surface area contributed by atoms with Crippen LogP contribution in [0, 0.1) is 0 Å². The van der Waals surface area contributed by atoms with Gasteiger partial charge in [-0.2, -0.15) is 0 Å². The largest absolute Gasteiger partial charge is 0.381 e. The highest BCUT2D eigenvalue weighted by Crippen LogP contribution is 2.40. The number of aromatic nitrogens is 2. The minimum Gasteiger partial charge on any atom is -0.381 e. The van der Waals surface area contributed by atoms with Gasteiger partial charge in [0.1, 0.15) is 5.03 Å². The Morgan fingerprint density at radius 2 is 2.11 bits per heavy atom. The predicted molar refractivity (Wildman–Crippen MR) is 69.2 cm³/mol. The van der Waals surface area contributed by atoms with E-state index in [1.807, 2.05) is 0 Å². The molecular weight excluding hydrogens is 250 g/mol. The van der Waals surface area contributed by atoms with E-state index in [-0.39, 0.29) is 11.9 Å². The number of hydrogen-bond acceptors (Lipinski definition) is 6. The highest BCUT2D eigenvalue weighted by Gasteiger charge is 2.43. The zero-order chi connectivity index (χ0) is 12.4. The molecule has 6 heteroatoms. The molecule has 1 saturated carbocycles. The Labute approximate surface area is 110 Å². The summed E-state index contributed by atoms with van der Waals surface area (Å²) in [7, 11) is 0. The number of thioether (sulfide) groups is 1. The van der Waals surface area contributed by atoms with Crippen LogP contribution in [0.15, 0.2) is 17.4 Å². The fraction of sp³-hybridized carbons (Fsp3) is 0.667. The van der Waals surface area contributed by atoms with Gasteiger partial charge in [0.15, 0.2) is 11.6 Å². The molecule has 5 nitrogen and oxygen atoms in total. The van der Waals surface area contributed by atoms with Crippen LogP contribution in [0.3, 0.4) is 0 Å². The average Bonchev–Trinajstić information content (AvgIpc) is 3.00. The van der Waals surface area contributed by atoms with E-state index >= 15 is 0 Å². The summed E-state index contributed by atoms with van der Waals surface area (Å²) in [6.07, 6.45) is 7.86. The first-order valence-corrected chi connectivity index (χ1v) is 7.27. The molecule has 2 N–H and O–H groups in total. The summed E-state index contributed by atoms with van der Waals surface area (Å²) in [4.78, 5) is 8.23. The maximum atomic E-state index is 6.04. The number of rotatable bonds is 3. The highest BCUT2D eigenvalue weighted by atomic mass is 32.2. The molecule has 18 heavy (non-hydrogen) atoms. The second-order valence-electron chi connectivity index (χ2n) is 4.73. The molecule has 0 radical (unpaired) electrons. The maximum absolute atomic E-state index is 6.04. The van der Waals surface area contributed by atoms with Gasteiger partial charge in [-0.15, -0.1) is 0 Å². The minimum atomic E-state index is -0.279. The molecule has 2 aliphatic rings. The molecule has 1 aromatic rings. The van der Waals surface area contributed by atoms with Gasteiger partial charge in [0.05, 0.1) is 12.7 Å². The Bertz CT molecular complexity index is 424. The Morgan fingerprint density at radius 3 is 2.89 bits per heavy atom. The van der Waals surface area contributed by atoms with Crippen LogP contribution in [0.1, 0.15) is 25.7 Å². The van der Waals surface area contributed by atoms with Crippen molar-refractivity contribution in [3.05, 3.63) is 12.4 Å². The fourth-order valence-corrected chi connectivity index (χ4v) is 3.34. The van der Waals surface area contributed by atoms with E-state index in [0.717, 1.165) is 23.6 Å². The van der Waals surface area contributed by atoms with E-state index in [0.29, 0.717) is 12.4 Å². The quantitative estimate of drug-likeness (QED) is 0.843. The van der Waals surface area contributed by atoms with Crippen LogP contribution in [0.2, 0.25) is 0 Å². The van der Waals surface area contributed by atoms with E-state index in [1.165, 1.54) is 12.8 Å². The van der Waals surface area contributed by atoms with Gasteiger partial charge in [0, 0.05) is 31.0 Å². The van der Waals surface area contributed by atoms with E-state index in [4.69, 9.17) is 15.2 Å². The number of nitrogens with zero attached hydrogens (tertiary/aromatic N) is 2. The van der Waals surface area contributed by atoms with Crippen LogP contribution in [-0.4, -0.2) is 34.2 Å². The third kappa shape index (κ3) is 2.46. The first-order valence-electron chi connectivity index (χ1n) is 6.28. The summed E-state index contributed by atoms with van der Waals surface area (Å²) in [5.41, 5.74) is 5.75. The van der Waals surface area contributed by atoms with Gasteiger partial charge < -0.3 is 15.2 Å². The SMILES string of the molecule is Nc1nccnc1SCC1COC2(CCCC2)O1. The van der Waals surface area contributed by atoms with Crippen molar-refractivity contribution in [1.82, 2.24) is 9.97 Å². The van der Waals surface area contributed by atoms with Crippen molar-refractivity contribution in [3.63, 3.8) is 0 Å². The van der Waals surface area contributed by atoms with Crippen molar-refractivity contribution in [2.45, 2.75) is 42.6 Å². The van der Waals surface area contributed by atoms with Gasteiger partial charge >= 0.3 is 0 Å². The summed E-state index contributed by atoms with van der Waals surface area (Å²) < 4.78 is 11.9. The van der Waals surface area contributed by atoms with E-state index in [2.05, 4.69) is 9.97 Å². The molecule has 0 amide bonds. The van der Waals surface area contributed by atoms with Gasteiger partial charge in [-0.05, 0) is 12.8 Å². The lowest BCUT2D eigenvalue weighted by Gasteiger charge is -2.21. The number of anilines is 1. The minimum absolute atomic E-state index is 0.134. The van der Waals surface area contributed by atoms with Crippen molar-refractivity contribution < 1.29 is 9.47 Å². The van der Waals surface area contributed by atoms with Crippen molar-refractivity contribution in [2.75, 3.05) is 18.1 Å². The molecule has 0 aromatic carbocycles. The molecule has 2 fully saturated rings. The number of nitrogens with two attached hydrogens (primary N) is 1. The standard InChI is InChI=1S/C12H17N3O2S/c13-10-11(15-6-5-14-10)18-8-9-7-16-12(17-9)3-1-2-4-12/h5-6,9H,1-4,7-8H2,(H2,13,14). The maximum Gasteiger partial charge on any atom is 0.168 e. The predicted octanol–water partition coefficient (Wildman–Crippen LogP) is 1.84. The molecule has 3 rings (SSSR count). The van der Waals surface area contributed by atoms with E-state index < -0.39 is 0 Å². The van der Waals surface area contributed by atoms with Crippen LogP contribution >= 0.6 is 11.8 Å². The monoisotopic (exact) mass is 267 g/mol. The Morgan fingerprint density at radius 1 is 1.33 bits per heavy atom. The Kier molecular flexibility index (Phi) is 3.41. The smallest absolute Gasteiger partial charge is 0.168 e. The first kappa shape index (κ1) is 12.2. The van der Waals surface area contributed by atoms with Crippen LogP contribution in [0.4, 0.5) is 5.82 Å². The van der Waals surface area contributed by atoms with Crippen LogP contribution < -0.4 is 5.73 Å². The molecule has 0 bridgehead atoms. The molecular formula is C12H17N3O2S. The Hall–Kier alpha value is -0.850. The van der Waals surface area contributed by atoms with Gasteiger partial charge in [-0.3, -0.25) is 0 Å². The zero-order valence-electron chi connectivity index (χ0n) is 10.2. The van der Waals surface area contributed by atoms with E-state index in [9.17, 15) is 0 Å². The second-order valence-corrected chi connectivity index (χ2v) is 5.74. The van der Waals surface area contributed by atoms with Gasteiger partial charge in [0.25, 0.3) is 0 Å². The fourth-order valence-electron chi connectivity index (χ4n) is 2.49. The van der Waals surface area contributed by atoms with Crippen LogP contribution in [-0.2, 0) is 9.47 Å². The molecule has 1 aromatic heterocycles. The molecule has 98 valence electrons. The average molecular weight is 267 g/mol. The lowest BCUT2D eigenvalue weighted by Crippen LogP contribution is -2.27. The molecule has 1 unspecified atom stereocenters.